The van der Waals surface area contributed by atoms with Crippen molar-refractivity contribution in [1.82, 2.24) is 0 Å². The quantitative estimate of drug-likeness (QED) is 0.154. The van der Waals surface area contributed by atoms with Crippen molar-refractivity contribution in [3.8, 4) is 11.5 Å². The SMILES string of the molecule is COc1ccccc1N(c1ccccc1)c1ccc2cc3c(cc2c1)oc1cc2c(cc13)oc1cc3cc(N(c4ccccc4)c4ccccc4OC)ccc3cc12. The van der Waals surface area contributed by atoms with Crippen molar-refractivity contribution < 1.29 is 18.3 Å². The molecule has 6 heteroatoms. The van der Waals surface area contributed by atoms with E-state index in [4.69, 9.17) is 18.3 Å². The van der Waals surface area contributed by atoms with Crippen molar-refractivity contribution in [3.05, 3.63) is 182 Å². The van der Waals surface area contributed by atoms with Crippen molar-refractivity contribution in [1.29, 1.82) is 0 Å². The molecule has 0 amide bonds. The van der Waals surface area contributed by atoms with Gasteiger partial charge in [-0.3, -0.25) is 0 Å². The van der Waals surface area contributed by atoms with Gasteiger partial charge in [0.2, 0.25) is 0 Å². The van der Waals surface area contributed by atoms with E-state index in [9.17, 15) is 0 Å². The van der Waals surface area contributed by atoms with E-state index in [-0.39, 0.29) is 0 Å². The Morgan fingerprint density at radius 1 is 0.328 bits per heavy atom. The van der Waals surface area contributed by atoms with Crippen LogP contribution in [0.3, 0.4) is 0 Å². The maximum absolute atomic E-state index is 6.63. The number of ether oxygens (including phenoxy) is 2. The second kappa shape index (κ2) is 13.5. The molecule has 11 rings (SSSR count). The average molecular weight is 753 g/mol. The molecule has 0 aliphatic heterocycles. The number of hydrogen-bond donors (Lipinski definition) is 0. The lowest BCUT2D eigenvalue weighted by molar-refractivity contribution is 0.416. The van der Waals surface area contributed by atoms with Gasteiger partial charge >= 0.3 is 0 Å². The van der Waals surface area contributed by atoms with E-state index in [2.05, 4.69) is 143 Å². The molecule has 0 atom stereocenters. The molecule has 0 unspecified atom stereocenters. The topological polar surface area (TPSA) is 51.2 Å². The Labute approximate surface area is 334 Å². The number of anilines is 6. The maximum atomic E-state index is 6.63. The molecule has 0 bridgehead atoms. The van der Waals surface area contributed by atoms with Crippen LogP contribution in [0.25, 0.3) is 65.4 Å². The number of nitrogens with zero attached hydrogens (tertiary/aromatic N) is 2. The van der Waals surface area contributed by atoms with Gasteiger partial charge in [-0.05, 0) is 131 Å². The van der Waals surface area contributed by atoms with Crippen LogP contribution in [0.4, 0.5) is 34.1 Å². The lowest BCUT2D eigenvalue weighted by atomic mass is 10.0. The molecule has 0 aliphatic carbocycles. The summed E-state index contributed by atoms with van der Waals surface area (Å²) in [5, 5.41) is 8.55. The van der Waals surface area contributed by atoms with E-state index in [0.717, 1.165) is 111 Å². The van der Waals surface area contributed by atoms with Gasteiger partial charge in [0.1, 0.15) is 33.8 Å². The van der Waals surface area contributed by atoms with Gasteiger partial charge in [0.15, 0.2) is 0 Å². The first-order valence-corrected chi connectivity index (χ1v) is 19.3. The minimum atomic E-state index is 0.799. The van der Waals surface area contributed by atoms with Crippen LogP contribution < -0.4 is 19.3 Å². The van der Waals surface area contributed by atoms with Crippen LogP contribution >= 0.6 is 0 Å². The first-order valence-electron chi connectivity index (χ1n) is 19.3. The van der Waals surface area contributed by atoms with E-state index in [1.807, 2.05) is 48.5 Å². The van der Waals surface area contributed by atoms with Crippen LogP contribution in [0.15, 0.2) is 191 Å². The Morgan fingerprint density at radius 2 is 0.707 bits per heavy atom. The molecular formula is C52H36N2O4. The summed E-state index contributed by atoms with van der Waals surface area (Å²) in [4.78, 5) is 4.45. The lowest BCUT2D eigenvalue weighted by Crippen LogP contribution is -2.11. The van der Waals surface area contributed by atoms with Crippen molar-refractivity contribution >= 4 is 99.5 Å². The van der Waals surface area contributed by atoms with Crippen molar-refractivity contribution in [2.24, 2.45) is 0 Å². The van der Waals surface area contributed by atoms with Crippen LogP contribution in [-0.2, 0) is 0 Å². The lowest BCUT2D eigenvalue weighted by Gasteiger charge is -2.27. The number of para-hydroxylation sites is 6. The Balaban J connectivity index is 1.01. The number of rotatable bonds is 8. The van der Waals surface area contributed by atoms with Gasteiger partial charge < -0.3 is 28.1 Å². The van der Waals surface area contributed by atoms with Crippen LogP contribution in [0, 0.1) is 0 Å². The Bertz CT molecular complexity index is 3110. The second-order valence-corrected chi connectivity index (χ2v) is 14.5. The molecule has 2 heterocycles. The van der Waals surface area contributed by atoms with Gasteiger partial charge in [0, 0.05) is 44.3 Å². The third-order valence-electron chi connectivity index (χ3n) is 11.1. The van der Waals surface area contributed by atoms with Crippen LogP contribution in [-0.4, -0.2) is 14.2 Å². The summed E-state index contributed by atoms with van der Waals surface area (Å²) in [7, 11) is 3.42. The molecule has 0 saturated heterocycles. The zero-order chi connectivity index (χ0) is 38.7. The second-order valence-electron chi connectivity index (χ2n) is 14.5. The summed E-state index contributed by atoms with van der Waals surface area (Å²) in [6, 6.07) is 63.1. The van der Waals surface area contributed by atoms with Crippen molar-refractivity contribution in [2.45, 2.75) is 0 Å². The molecule has 0 saturated carbocycles. The summed E-state index contributed by atoms with van der Waals surface area (Å²) in [5.41, 5.74) is 9.37. The highest BCUT2D eigenvalue weighted by atomic mass is 16.5. The number of fused-ring (bicyclic) bond motifs is 8. The Morgan fingerprint density at radius 3 is 1.14 bits per heavy atom. The van der Waals surface area contributed by atoms with Crippen LogP contribution in [0.1, 0.15) is 0 Å². The van der Waals surface area contributed by atoms with Crippen molar-refractivity contribution in [2.75, 3.05) is 24.0 Å². The monoisotopic (exact) mass is 752 g/mol. The molecule has 278 valence electrons. The van der Waals surface area contributed by atoms with E-state index in [1.165, 1.54) is 0 Å². The molecule has 0 radical (unpaired) electrons. The van der Waals surface area contributed by atoms with Gasteiger partial charge in [-0.15, -0.1) is 0 Å². The highest BCUT2D eigenvalue weighted by molar-refractivity contribution is 6.18. The van der Waals surface area contributed by atoms with Crippen molar-refractivity contribution in [3.63, 3.8) is 0 Å². The zero-order valence-electron chi connectivity index (χ0n) is 31.8. The van der Waals surface area contributed by atoms with Gasteiger partial charge in [0.05, 0.1) is 25.6 Å². The molecule has 58 heavy (non-hydrogen) atoms. The third kappa shape index (κ3) is 5.49. The highest BCUT2D eigenvalue weighted by Crippen LogP contribution is 2.45. The fourth-order valence-corrected chi connectivity index (χ4v) is 8.42. The van der Waals surface area contributed by atoms with Gasteiger partial charge in [-0.25, -0.2) is 0 Å². The first-order chi connectivity index (χ1) is 28.6. The summed E-state index contributed by atoms with van der Waals surface area (Å²) < 4.78 is 24.9. The number of benzene rings is 9. The number of furan rings is 2. The Hall–Kier alpha value is -7.70. The highest BCUT2D eigenvalue weighted by Gasteiger charge is 2.20. The van der Waals surface area contributed by atoms with Crippen LogP contribution in [0.5, 0.6) is 11.5 Å². The van der Waals surface area contributed by atoms with E-state index < -0.39 is 0 Å². The molecule has 6 nitrogen and oxygen atoms in total. The molecular weight excluding hydrogens is 717 g/mol. The fourth-order valence-electron chi connectivity index (χ4n) is 8.42. The van der Waals surface area contributed by atoms with Gasteiger partial charge in [0.25, 0.3) is 0 Å². The Kier molecular flexibility index (Phi) is 7.83. The van der Waals surface area contributed by atoms with E-state index in [1.54, 1.807) is 14.2 Å². The predicted molar refractivity (Wildman–Crippen MR) is 238 cm³/mol. The molecule has 0 spiro atoms. The fraction of sp³-hybridized carbons (Fsp3) is 0.0385. The molecule has 2 aromatic heterocycles. The summed E-state index contributed by atoms with van der Waals surface area (Å²) in [6.07, 6.45) is 0. The van der Waals surface area contributed by atoms with E-state index >= 15 is 0 Å². The third-order valence-corrected chi connectivity index (χ3v) is 11.1. The molecule has 0 aliphatic rings. The number of methoxy groups -OCH3 is 2. The normalized spacial score (nSPS) is 11.6. The molecule has 0 N–H and O–H groups in total. The first kappa shape index (κ1) is 33.6. The minimum absolute atomic E-state index is 0.799. The largest absolute Gasteiger partial charge is 0.495 e. The molecule has 0 fully saturated rings. The molecule has 11 aromatic rings. The van der Waals surface area contributed by atoms with E-state index in [0.29, 0.717) is 0 Å². The summed E-state index contributed by atoms with van der Waals surface area (Å²) >= 11 is 0. The maximum Gasteiger partial charge on any atom is 0.142 e. The van der Waals surface area contributed by atoms with Crippen LogP contribution in [0.2, 0.25) is 0 Å². The van der Waals surface area contributed by atoms with Gasteiger partial charge in [-0.2, -0.15) is 0 Å². The molecule has 9 aromatic carbocycles. The average Bonchev–Trinajstić information content (AvgIpc) is 3.80. The summed E-state index contributed by atoms with van der Waals surface area (Å²) in [6.45, 7) is 0. The predicted octanol–water partition coefficient (Wildman–Crippen LogP) is 14.7. The summed E-state index contributed by atoms with van der Waals surface area (Å²) in [5.74, 6) is 1.60. The zero-order valence-corrected chi connectivity index (χ0v) is 31.8. The minimum Gasteiger partial charge on any atom is -0.495 e. The standard InChI is InChI=1S/C52H36N2O4/c1-55-47-19-11-9-17-45(47)53(37-13-5-3-6-14-37)39-23-21-33-27-41-43-31-52-44(32-51(43)57-49(41)29-35(33)25-39)42-28-34-22-24-40(26-36(34)30-50(42)58-52)54(38-15-7-4-8-16-38)46-18-10-12-20-48(46)56-2/h3-32H,1-2H3. The smallest absolute Gasteiger partial charge is 0.142 e. The van der Waals surface area contributed by atoms with Gasteiger partial charge in [-0.1, -0.05) is 72.8 Å². The number of hydrogen-bond acceptors (Lipinski definition) is 6.